The Kier molecular flexibility index (Phi) is 12.2. The van der Waals surface area contributed by atoms with Crippen molar-refractivity contribution in [3.63, 3.8) is 0 Å². The van der Waals surface area contributed by atoms with Gasteiger partial charge in [-0.15, -0.1) is 12.4 Å². The number of carbonyl (C=O) groups excluding carboxylic acids is 1. The molecule has 8 heteroatoms. The van der Waals surface area contributed by atoms with Crippen molar-refractivity contribution >= 4 is 47.2 Å². The summed E-state index contributed by atoms with van der Waals surface area (Å²) in [6.45, 7) is 4.68. The summed E-state index contributed by atoms with van der Waals surface area (Å²) in [5, 5.41) is 1.06. The van der Waals surface area contributed by atoms with Crippen LogP contribution in [0.5, 0.6) is 0 Å². The summed E-state index contributed by atoms with van der Waals surface area (Å²) >= 11 is 12.8. The molecule has 1 fully saturated rings. The third-order valence-electron chi connectivity index (χ3n) is 7.59. The Hall–Kier alpha value is -2.28. The van der Waals surface area contributed by atoms with E-state index in [1.165, 1.54) is 0 Å². The normalized spacial score (nSPS) is 18.7. The summed E-state index contributed by atoms with van der Waals surface area (Å²) in [5.74, 6) is 0.0457. The molecule has 2 atom stereocenters. The molecule has 3 aromatic rings. The van der Waals surface area contributed by atoms with Crippen LogP contribution in [0.3, 0.4) is 0 Å². The highest BCUT2D eigenvalue weighted by Gasteiger charge is 2.43. The summed E-state index contributed by atoms with van der Waals surface area (Å²) < 4.78 is 12.0. The molecule has 5 nitrogen and oxygen atoms in total. The van der Waals surface area contributed by atoms with E-state index in [9.17, 15) is 4.79 Å². The SMILES string of the molecule is CCCCN(C)C(=O)c1ccc(N2CCC(OCCOC)(c3ccccc3)CC2c2ccc(Cl)c(Cl)c2)cc1.Cl. The highest BCUT2D eigenvalue weighted by atomic mass is 35.5. The molecular weight excluding hydrogens is 567 g/mol. The fraction of sp³-hybridized carbons (Fsp3) is 0.406. The first-order chi connectivity index (χ1) is 18.9. The lowest BCUT2D eigenvalue weighted by Gasteiger charge is -2.48. The average Bonchev–Trinajstić information content (AvgIpc) is 2.97. The first kappa shape index (κ1) is 32.2. The molecular formula is C32H39Cl3N2O3. The zero-order valence-electron chi connectivity index (χ0n) is 23.4. The van der Waals surface area contributed by atoms with Crippen LogP contribution in [0.25, 0.3) is 0 Å². The van der Waals surface area contributed by atoms with E-state index in [0.717, 1.165) is 55.6 Å². The van der Waals surface area contributed by atoms with Crippen LogP contribution in [-0.4, -0.2) is 51.3 Å². The van der Waals surface area contributed by atoms with Gasteiger partial charge in [0.25, 0.3) is 5.91 Å². The number of rotatable bonds is 11. The Labute approximate surface area is 254 Å². The molecule has 0 saturated carbocycles. The molecule has 0 aromatic heterocycles. The van der Waals surface area contributed by atoms with Gasteiger partial charge in [0.2, 0.25) is 0 Å². The van der Waals surface area contributed by atoms with Crippen molar-refractivity contribution < 1.29 is 14.3 Å². The van der Waals surface area contributed by atoms with Crippen LogP contribution in [0.1, 0.15) is 60.1 Å². The maximum atomic E-state index is 12.9. The van der Waals surface area contributed by atoms with Gasteiger partial charge in [0.05, 0.1) is 34.9 Å². The quantitative estimate of drug-likeness (QED) is 0.207. The van der Waals surface area contributed by atoms with Crippen molar-refractivity contribution in [2.45, 2.75) is 44.2 Å². The predicted octanol–water partition coefficient (Wildman–Crippen LogP) is 8.19. The monoisotopic (exact) mass is 604 g/mol. The maximum Gasteiger partial charge on any atom is 0.253 e. The minimum Gasteiger partial charge on any atom is -0.382 e. The van der Waals surface area contributed by atoms with Crippen LogP contribution in [0.4, 0.5) is 5.69 Å². The Balaban J connectivity index is 0.00000441. The first-order valence-corrected chi connectivity index (χ1v) is 14.4. The number of methoxy groups -OCH3 is 1. The van der Waals surface area contributed by atoms with Gasteiger partial charge in [-0.05, 0) is 60.4 Å². The molecule has 40 heavy (non-hydrogen) atoms. The molecule has 216 valence electrons. The number of amides is 1. The van der Waals surface area contributed by atoms with E-state index in [2.05, 4.69) is 36.1 Å². The fourth-order valence-corrected chi connectivity index (χ4v) is 5.67. The fourth-order valence-electron chi connectivity index (χ4n) is 5.36. The van der Waals surface area contributed by atoms with Crippen molar-refractivity contribution in [2.75, 3.05) is 45.4 Å². The van der Waals surface area contributed by atoms with Crippen molar-refractivity contribution in [2.24, 2.45) is 0 Å². The van der Waals surface area contributed by atoms with Crippen molar-refractivity contribution in [3.05, 3.63) is 99.5 Å². The van der Waals surface area contributed by atoms with E-state index in [0.29, 0.717) is 28.8 Å². The Morgan fingerprint density at radius 2 is 1.75 bits per heavy atom. The second kappa shape index (κ2) is 15.1. The van der Waals surface area contributed by atoms with Crippen LogP contribution in [-0.2, 0) is 15.1 Å². The Morgan fingerprint density at radius 3 is 2.40 bits per heavy atom. The average molecular weight is 606 g/mol. The van der Waals surface area contributed by atoms with Crippen molar-refractivity contribution in [3.8, 4) is 0 Å². The molecule has 3 aromatic carbocycles. The number of carbonyl (C=O) groups is 1. The lowest BCUT2D eigenvalue weighted by atomic mass is 9.78. The van der Waals surface area contributed by atoms with Gasteiger partial charge in [-0.25, -0.2) is 0 Å². The topological polar surface area (TPSA) is 42.0 Å². The third kappa shape index (κ3) is 7.51. The van der Waals surface area contributed by atoms with Crippen LogP contribution >= 0.6 is 35.6 Å². The van der Waals surface area contributed by atoms with Gasteiger partial charge in [0.15, 0.2) is 0 Å². The number of anilines is 1. The van der Waals surface area contributed by atoms with Gasteiger partial charge in [0, 0.05) is 44.9 Å². The van der Waals surface area contributed by atoms with Crippen LogP contribution in [0.2, 0.25) is 10.0 Å². The van der Waals surface area contributed by atoms with Gasteiger partial charge in [-0.3, -0.25) is 4.79 Å². The number of hydrogen-bond donors (Lipinski definition) is 0. The number of nitrogens with zero attached hydrogens (tertiary/aromatic N) is 2. The van der Waals surface area contributed by atoms with Crippen LogP contribution < -0.4 is 4.90 Å². The van der Waals surface area contributed by atoms with E-state index in [1.807, 2.05) is 55.6 Å². The highest BCUT2D eigenvalue weighted by molar-refractivity contribution is 6.42. The van der Waals surface area contributed by atoms with Gasteiger partial charge in [-0.2, -0.15) is 0 Å². The summed E-state index contributed by atoms with van der Waals surface area (Å²) in [4.78, 5) is 17.1. The zero-order valence-corrected chi connectivity index (χ0v) is 25.8. The van der Waals surface area contributed by atoms with Crippen LogP contribution in [0, 0.1) is 0 Å². The number of ether oxygens (including phenoxy) is 2. The second-order valence-electron chi connectivity index (χ2n) is 10.2. The third-order valence-corrected chi connectivity index (χ3v) is 8.33. The Morgan fingerprint density at radius 1 is 1.02 bits per heavy atom. The van der Waals surface area contributed by atoms with Gasteiger partial charge in [0.1, 0.15) is 0 Å². The highest BCUT2D eigenvalue weighted by Crippen LogP contribution is 2.47. The molecule has 0 radical (unpaired) electrons. The number of halogens is 3. The first-order valence-electron chi connectivity index (χ1n) is 13.6. The molecule has 0 spiro atoms. The van der Waals surface area contributed by atoms with Gasteiger partial charge < -0.3 is 19.3 Å². The molecule has 1 heterocycles. The standard InChI is InChI=1S/C32H38Cl2N2O3.ClH/c1-4-5-18-35(2)31(37)24-11-14-27(15-12-24)36-19-17-32(39-21-20-38-3,26-9-7-6-8-10-26)23-30(36)25-13-16-28(33)29(34)22-25;/h6-16,22,30H,4-5,17-21,23H2,1-3H3;1H. The van der Waals surface area contributed by atoms with E-state index in [4.69, 9.17) is 32.7 Å². The van der Waals surface area contributed by atoms with Crippen molar-refractivity contribution in [1.29, 1.82) is 0 Å². The van der Waals surface area contributed by atoms with Gasteiger partial charge >= 0.3 is 0 Å². The number of benzene rings is 3. The van der Waals surface area contributed by atoms with Gasteiger partial charge in [-0.1, -0.05) is 72.9 Å². The van der Waals surface area contributed by atoms with Crippen molar-refractivity contribution in [1.82, 2.24) is 4.90 Å². The molecule has 0 aliphatic carbocycles. The minimum atomic E-state index is -0.481. The molecule has 1 amide bonds. The number of piperidine rings is 1. The molecule has 1 saturated heterocycles. The predicted molar refractivity (Wildman–Crippen MR) is 167 cm³/mol. The molecule has 1 aliphatic rings. The molecule has 0 N–H and O–H groups in total. The van der Waals surface area contributed by atoms with E-state index >= 15 is 0 Å². The lowest BCUT2D eigenvalue weighted by Crippen LogP contribution is -2.46. The summed E-state index contributed by atoms with van der Waals surface area (Å²) in [7, 11) is 3.55. The van der Waals surface area contributed by atoms with E-state index in [-0.39, 0.29) is 24.4 Å². The number of unbranched alkanes of at least 4 members (excludes halogenated alkanes) is 1. The maximum absolute atomic E-state index is 12.9. The smallest absolute Gasteiger partial charge is 0.253 e. The molecule has 2 unspecified atom stereocenters. The largest absolute Gasteiger partial charge is 0.382 e. The summed E-state index contributed by atoms with van der Waals surface area (Å²) in [5.41, 5.74) is 3.49. The van der Waals surface area contributed by atoms with E-state index < -0.39 is 5.60 Å². The Bertz CT molecular complexity index is 1230. The summed E-state index contributed by atoms with van der Waals surface area (Å²) in [6.07, 6.45) is 3.58. The number of hydrogen-bond acceptors (Lipinski definition) is 4. The molecule has 4 rings (SSSR count). The van der Waals surface area contributed by atoms with E-state index in [1.54, 1.807) is 12.0 Å². The molecule has 1 aliphatic heterocycles. The lowest BCUT2D eigenvalue weighted by molar-refractivity contribution is -0.0897. The second-order valence-corrected chi connectivity index (χ2v) is 11.0. The minimum absolute atomic E-state index is 0. The van der Waals surface area contributed by atoms with Crippen LogP contribution in [0.15, 0.2) is 72.8 Å². The zero-order chi connectivity index (χ0) is 27.8. The summed E-state index contributed by atoms with van der Waals surface area (Å²) in [6, 6.07) is 24.2. The molecule has 0 bridgehead atoms.